The van der Waals surface area contributed by atoms with Crippen molar-refractivity contribution in [1.82, 2.24) is 10.2 Å². The van der Waals surface area contributed by atoms with Crippen molar-refractivity contribution in [3.8, 4) is 0 Å². The summed E-state index contributed by atoms with van der Waals surface area (Å²) >= 11 is 0. The van der Waals surface area contributed by atoms with Crippen LogP contribution in [0.3, 0.4) is 0 Å². The molecule has 3 rings (SSSR count). The number of likely N-dealkylation sites (tertiary alicyclic amines) is 1. The Labute approximate surface area is 102 Å². The number of hydrogen-bond acceptors (Lipinski definition) is 4. The van der Waals surface area contributed by atoms with E-state index in [1.54, 1.807) is 6.08 Å². The summed E-state index contributed by atoms with van der Waals surface area (Å²) in [6.07, 6.45) is 5.43. The van der Waals surface area contributed by atoms with Gasteiger partial charge in [-0.15, -0.1) is 0 Å². The van der Waals surface area contributed by atoms with Crippen LogP contribution in [-0.4, -0.2) is 43.2 Å². The van der Waals surface area contributed by atoms with Gasteiger partial charge in [-0.05, 0) is 44.7 Å². The zero-order chi connectivity index (χ0) is 11.9. The molecule has 0 unspecified atom stereocenters. The number of carbonyl (C=O) groups is 1. The second-order valence-electron chi connectivity index (χ2n) is 5.67. The first kappa shape index (κ1) is 11.1. The van der Waals surface area contributed by atoms with E-state index >= 15 is 0 Å². The summed E-state index contributed by atoms with van der Waals surface area (Å²) in [5.74, 6) is -0.182. The first-order chi connectivity index (χ1) is 8.19. The van der Waals surface area contributed by atoms with Crippen molar-refractivity contribution in [3.63, 3.8) is 0 Å². The smallest absolute Gasteiger partial charge is 0.333 e. The Hall–Kier alpha value is -1.03. The van der Waals surface area contributed by atoms with Gasteiger partial charge in [0.2, 0.25) is 0 Å². The highest BCUT2D eigenvalue weighted by Gasteiger charge is 2.43. The maximum Gasteiger partial charge on any atom is 0.333 e. The maximum atomic E-state index is 11.1. The van der Waals surface area contributed by atoms with Crippen molar-refractivity contribution in [2.75, 3.05) is 26.2 Å². The Kier molecular flexibility index (Phi) is 2.62. The van der Waals surface area contributed by atoms with Gasteiger partial charge in [0.25, 0.3) is 0 Å². The molecule has 1 atom stereocenters. The fraction of sp³-hybridized carbons (Fsp3) is 0.769. The molecule has 17 heavy (non-hydrogen) atoms. The molecule has 0 amide bonds. The van der Waals surface area contributed by atoms with E-state index in [2.05, 4.69) is 17.1 Å². The predicted octanol–water partition coefficient (Wildman–Crippen LogP) is 0.891. The average molecular weight is 236 g/mol. The summed E-state index contributed by atoms with van der Waals surface area (Å²) in [5.41, 5.74) is 1.55. The molecule has 1 N–H and O–H groups in total. The van der Waals surface area contributed by atoms with Crippen molar-refractivity contribution >= 4 is 5.97 Å². The highest BCUT2D eigenvalue weighted by Crippen LogP contribution is 2.43. The van der Waals surface area contributed by atoms with E-state index in [1.165, 1.54) is 19.3 Å². The van der Waals surface area contributed by atoms with E-state index in [4.69, 9.17) is 4.74 Å². The van der Waals surface area contributed by atoms with Crippen molar-refractivity contribution < 1.29 is 9.53 Å². The van der Waals surface area contributed by atoms with Gasteiger partial charge in [-0.1, -0.05) is 0 Å². The van der Waals surface area contributed by atoms with Crippen molar-refractivity contribution in [3.05, 3.63) is 11.8 Å². The zero-order valence-corrected chi connectivity index (χ0v) is 10.4. The molecule has 2 saturated heterocycles. The summed E-state index contributed by atoms with van der Waals surface area (Å²) in [6.45, 7) is 6.10. The van der Waals surface area contributed by atoms with Gasteiger partial charge in [0.15, 0.2) is 0 Å². The molecule has 4 nitrogen and oxygen atoms in total. The lowest BCUT2D eigenvalue weighted by Gasteiger charge is -2.34. The highest BCUT2D eigenvalue weighted by atomic mass is 16.5. The van der Waals surface area contributed by atoms with Gasteiger partial charge in [0.05, 0.1) is 5.70 Å². The van der Waals surface area contributed by atoms with Crippen LogP contribution in [0.5, 0.6) is 0 Å². The molecule has 3 aliphatic heterocycles. The number of hydrogen-bond donors (Lipinski definition) is 1. The van der Waals surface area contributed by atoms with Crippen molar-refractivity contribution in [1.29, 1.82) is 0 Å². The SMILES string of the molecule is C[C@H]1CC2(CCNCC2)CN1C1=CC(=O)OC1. The monoisotopic (exact) mass is 236 g/mol. The van der Waals surface area contributed by atoms with Crippen LogP contribution in [0.2, 0.25) is 0 Å². The summed E-state index contributed by atoms with van der Waals surface area (Å²) in [5, 5.41) is 3.43. The molecule has 4 heteroatoms. The molecule has 0 aliphatic carbocycles. The number of rotatable bonds is 1. The number of cyclic esters (lactones) is 1. The summed E-state index contributed by atoms with van der Waals surface area (Å²) in [4.78, 5) is 13.5. The van der Waals surface area contributed by atoms with E-state index in [1.807, 2.05) is 0 Å². The Bertz CT molecular complexity index is 358. The van der Waals surface area contributed by atoms with Crippen LogP contribution >= 0.6 is 0 Å². The van der Waals surface area contributed by atoms with Gasteiger partial charge in [-0.3, -0.25) is 0 Å². The Morgan fingerprint density at radius 2 is 2.24 bits per heavy atom. The molecular formula is C13H20N2O2. The van der Waals surface area contributed by atoms with Gasteiger partial charge in [0, 0.05) is 18.7 Å². The molecule has 3 aliphatic rings. The fourth-order valence-corrected chi connectivity index (χ4v) is 3.55. The van der Waals surface area contributed by atoms with Crippen molar-refractivity contribution in [2.45, 2.75) is 32.2 Å². The molecule has 0 aromatic heterocycles. The molecule has 0 saturated carbocycles. The summed E-state index contributed by atoms with van der Waals surface area (Å²) < 4.78 is 5.02. The largest absolute Gasteiger partial charge is 0.456 e. The van der Waals surface area contributed by atoms with Crippen LogP contribution in [-0.2, 0) is 9.53 Å². The van der Waals surface area contributed by atoms with E-state index < -0.39 is 0 Å². The minimum atomic E-state index is -0.182. The predicted molar refractivity (Wildman–Crippen MR) is 64.4 cm³/mol. The summed E-state index contributed by atoms with van der Waals surface area (Å²) in [7, 11) is 0. The molecule has 1 spiro atoms. The molecule has 0 bridgehead atoms. The number of nitrogens with one attached hydrogen (secondary N) is 1. The van der Waals surface area contributed by atoms with Crippen molar-refractivity contribution in [2.24, 2.45) is 5.41 Å². The Morgan fingerprint density at radius 3 is 2.88 bits per heavy atom. The molecule has 0 aromatic carbocycles. The summed E-state index contributed by atoms with van der Waals surface area (Å²) in [6, 6.07) is 0.536. The topological polar surface area (TPSA) is 41.6 Å². The third-order valence-electron chi connectivity index (χ3n) is 4.45. The lowest BCUT2D eigenvalue weighted by molar-refractivity contribution is -0.135. The second-order valence-corrected chi connectivity index (χ2v) is 5.67. The van der Waals surface area contributed by atoms with E-state index in [9.17, 15) is 4.79 Å². The van der Waals surface area contributed by atoms with Crippen LogP contribution in [0.25, 0.3) is 0 Å². The molecule has 3 heterocycles. The van der Waals surface area contributed by atoms with E-state index in [0.29, 0.717) is 18.1 Å². The zero-order valence-electron chi connectivity index (χ0n) is 10.4. The third kappa shape index (κ3) is 1.95. The number of esters is 1. The lowest BCUT2D eigenvalue weighted by atomic mass is 9.77. The van der Waals surface area contributed by atoms with Crippen LogP contribution in [0, 0.1) is 5.41 Å². The van der Waals surface area contributed by atoms with Crippen LogP contribution in [0.4, 0.5) is 0 Å². The quantitative estimate of drug-likeness (QED) is 0.687. The number of ether oxygens (including phenoxy) is 1. The van der Waals surface area contributed by atoms with Gasteiger partial charge < -0.3 is 15.0 Å². The standard InChI is InChI=1S/C13H20N2O2/c1-10-7-13(2-4-14-5-3-13)9-15(10)11-6-12(16)17-8-11/h6,10,14H,2-5,7-9H2,1H3/t10-/m0/s1. The minimum Gasteiger partial charge on any atom is -0.456 e. The fourth-order valence-electron chi connectivity index (χ4n) is 3.55. The lowest BCUT2D eigenvalue weighted by Crippen LogP contribution is -2.38. The Balaban J connectivity index is 1.75. The molecule has 0 radical (unpaired) electrons. The average Bonchev–Trinajstić information content (AvgIpc) is 2.85. The highest BCUT2D eigenvalue weighted by molar-refractivity contribution is 5.85. The number of nitrogens with zero attached hydrogens (tertiary/aromatic N) is 1. The first-order valence-corrected chi connectivity index (χ1v) is 6.53. The van der Waals surface area contributed by atoms with Crippen LogP contribution in [0.15, 0.2) is 11.8 Å². The molecular weight excluding hydrogens is 216 g/mol. The van der Waals surface area contributed by atoms with Crippen LogP contribution < -0.4 is 5.32 Å². The second kappa shape index (κ2) is 4.02. The van der Waals surface area contributed by atoms with E-state index in [0.717, 1.165) is 25.3 Å². The van der Waals surface area contributed by atoms with Gasteiger partial charge in [-0.2, -0.15) is 0 Å². The molecule has 0 aromatic rings. The Morgan fingerprint density at radius 1 is 1.47 bits per heavy atom. The first-order valence-electron chi connectivity index (χ1n) is 6.53. The van der Waals surface area contributed by atoms with Gasteiger partial charge in [-0.25, -0.2) is 4.79 Å². The van der Waals surface area contributed by atoms with Gasteiger partial charge in [0.1, 0.15) is 6.61 Å². The number of piperidine rings is 1. The number of carbonyl (C=O) groups excluding carboxylic acids is 1. The maximum absolute atomic E-state index is 11.1. The van der Waals surface area contributed by atoms with E-state index in [-0.39, 0.29) is 5.97 Å². The normalized spacial score (nSPS) is 31.8. The molecule has 94 valence electrons. The molecule has 2 fully saturated rings. The van der Waals surface area contributed by atoms with Crippen LogP contribution in [0.1, 0.15) is 26.2 Å². The third-order valence-corrected chi connectivity index (χ3v) is 4.45. The van der Waals surface area contributed by atoms with Gasteiger partial charge >= 0.3 is 5.97 Å². The minimum absolute atomic E-state index is 0.182.